The topological polar surface area (TPSA) is 53.1 Å². The molecule has 0 atom stereocenters. The van der Waals surface area contributed by atoms with E-state index in [2.05, 4.69) is 27.9 Å². The van der Waals surface area contributed by atoms with Crippen molar-refractivity contribution in [2.24, 2.45) is 5.73 Å². The van der Waals surface area contributed by atoms with Crippen molar-refractivity contribution in [2.75, 3.05) is 13.2 Å². The van der Waals surface area contributed by atoms with Gasteiger partial charge in [0.05, 0.1) is 12.3 Å². The van der Waals surface area contributed by atoms with Crippen LogP contribution in [0.5, 0.6) is 5.75 Å². The lowest BCUT2D eigenvalue weighted by atomic mass is 10.2. The quantitative estimate of drug-likeness (QED) is 0.864. The Bertz CT molecular complexity index is 517. The molecule has 1 aromatic heterocycles. The highest BCUT2D eigenvalue weighted by Gasteiger charge is 2.04. The van der Waals surface area contributed by atoms with E-state index in [4.69, 9.17) is 10.5 Å². The number of rotatable bonds is 6. The molecule has 0 aliphatic heterocycles. The van der Waals surface area contributed by atoms with Gasteiger partial charge in [-0.25, -0.2) is 4.98 Å². The Balaban J connectivity index is 2.07. The molecule has 0 bridgehead atoms. The van der Waals surface area contributed by atoms with E-state index in [0.29, 0.717) is 13.2 Å². The summed E-state index contributed by atoms with van der Waals surface area (Å²) in [5, 5.41) is 0. The van der Waals surface area contributed by atoms with E-state index in [1.807, 2.05) is 26.0 Å². The fraction of sp³-hybridized carbons (Fsp3) is 0.400. The summed E-state index contributed by atoms with van der Waals surface area (Å²) in [5.74, 6) is 1.94. The fourth-order valence-electron chi connectivity index (χ4n) is 2.06. The van der Waals surface area contributed by atoms with Gasteiger partial charge in [-0.1, -0.05) is 12.1 Å². The molecule has 0 aliphatic carbocycles. The van der Waals surface area contributed by atoms with E-state index < -0.39 is 0 Å². The largest absolute Gasteiger partial charge is 0.494 e. The van der Waals surface area contributed by atoms with Crippen LogP contribution in [0.25, 0.3) is 0 Å². The smallest absolute Gasteiger partial charge is 0.119 e. The Labute approximate surface area is 114 Å². The summed E-state index contributed by atoms with van der Waals surface area (Å²) >= 11 is 0. The third-order valence-corrected chi connectivity index (χ3v) is 3.01. The van der Waals surface area contributed by atoms with Crippen molar-refractivity contribution >= 4 is 0 Å². The molecule has 0 radical (unpaired) electrons. The van der Waals surface area contributed by atoms with Gasteiger partial charge in [0.1, 0.15) is 11.6 Å². The molecule has 0 amide bonds. The standard InChI is InChI=1S/C15H21N3O/c1-3-19-15-6-4-13(5-7-15)10-18-11-14(8-9-16)17-12(18)2/h4-7,11H,3,8-10,16H2,1-2H3. The van der Waals surface area contributed by atoms with Crippen LogP contribution in [0.15, 0.2) is 30.5 Å². The molecule has 1 heterocycles. The summed E-state index contributed by atoms with van der Waals surface area (Å²) in [5.41, 5.74) is 7.85. The average molecular weight is 259 g/mol. The lowest BCUT2D eigenvalue weighted by Gasteiger charge is -2.07. The molecule has 0 saturated heterocycles. The molecule has 19 heavy (non-hydrogen) atoms. The molecule has 0 saturated carbocycles. The van der Waals surface area contributed by atoms with E-state index in [-0.39, 0.29) is 0 Å². The molecule has 0 aliphatic rings. The fourth-order valence-corrected chi connectivity index (χ4v) is 2.06. The summed E-state index contributed by atoms with van der Waals surface area (Å²) < 4.78 is 7.59. The normalized spacial score (nSPS) is 10.7. The van der Waals surface area contributed by atoms with Gasteiger partial charge in [-0.2, -0.15) is 0 Å². The van der Waals surface area contributed by atoms with Gasteiger partial charge in [-0.3, -0.25) is 0 Å². The minimum absolute atomic E-state index is 0.638. The van der Waals surface area contributed by atoms with Gasteiger partial charge in [0.15, 0.2) is 0 Å². The highest BCUT2D eigenvalue weighted by Crippen LogP contribution is 2.14. The van der Waals surface area contributed by atoms with Gasteiger partial charge >= 0.3 is 0 Å². The van der Waals surface area contributed by atoms with Gasteiger partial charge in [0.2, 0.25) is 0 Å². The Morgan fingerprint density at radius 1 is 1.26 bits per heavy atom. The first-order chi connectivity index (χ1) is 9.22. The summed E-state index contributed by atoms with van der Waals surface area (Å²) in [4.78, 5) is 4.50. The van der Waals surface area contributed by atoms with Gasteiger partial charge in [-0.15, -0.1) is 0 Å². The first-order valence-corrected chi connectivity index (χ1v) is 6.67. The molecular weight excluding hydrogens is 238 g/mol. The average Bonchev–Trinajstić information content (AvgIpc) is 2.73. The molecule has 4 nitrogen and oxygen atoms in total. The number of benzene rings is 1. The zero-order valence-electron chi connectivity index (χ0n) is 11.6. The predicted molar refractivity (Wildman–Crippen MR) is 76.4 cm³/mol. The van der Waals surface area contributed by atoms with Crippen LogP contribution in [-0.2, 0) is 13.0 Å². The maximum atomic E-state index is 5.55. The summed E-state index contributed by atoms with van der Waals surface area (Å²) in [7, 11) is 0. The molecule has 0 fully saturated rings. The van der Waals surface area contributed by atoms with Crippen molar-refractivity contribution in [3.8, 4) is 5.75 Å². The van der Waals surface area contributed by atoms with Crippen LogP contribution in [0.3, 0.4) is 0 Å². The van der Waals surface area contributed by atoms with E-state index in [0.717, 1.165) is 30.2 Å². The molecule has 0 spiro atoms. The lowest BCUT2D eigenvalue weighted by Crippen LogP contribution is -2.03. The van der Waals surface area contributed by atoms with E-state index in [1.165, 1.54) is 5.56 Å². The number of aryl methyl sites for hydroxylation is 1. The molecule has 1 aromatic carbocycles. The minimum Gasteiger partial charge on any atom is -0.494 e. The van der Waals surface area contributed by atoms with Crippen molar-refractivity contribution < 1.29 is 4.74 Å². The zero-order chi connectivity index (χ0) is 13.7. The third-order valence-electron chi connectivity index (χ3n) is 3.01. The maximum Gasteiger partial charge on any atom is 0.119 e. The van der Waals surface area contributed by atoms with Crippen molar-refractivity contribution in [3.05, 3.63) is 47.5 Å². The highest BCUT2D eigenvalue weighted by atomic mass is 16.5. The number of imidazole rings is 1. The van der Waals surface area contributed by atoms with Gasteiger partial charge < -0.3 is 15.0 Å². The van der Waals surface area contributed by atoms with Crippen LogP contribution in [-0.4, -0.2) is 22.7 Å². The zero-order valence-corrected chi connectivity index (χ0v) is 11.6. The van der Waals surface area contributed by atoms with E-state index in [9.17, 15) is 0 Å². The predicted octanol–water partition coefficient (Wildman–Crippen LogP) is 2.14. The van der Waals surface area contributed by atoms with Crippen molar-refractivity contribution in [3.63, 3.8) is 0 Å². The molecule has 2 rings (SSSR count). The third kappa shape index (κ3) is 3.58. The van der Waals surface area contributed by atoms with Gasteiger partial charge in [0.25, 0.3) is 0 Å². The van der Waals surface area contributed by atoms with E-state index in [1.54, 1.807) is 0 Å². The van der Waals surface area contributed by atoms with Crippen LogP contribution in [0, 0.1) is 6.92 Å². The summed E-state index contributed by atoms with van der Waals surface area (Å²) in [6.45, 7) is 6.17. The second-order valence-corrected chi connectivity index (χ2v) is 4.52. The monoisotopic (exact) mass is 259 g/mol. The van der Waals surface area contributed by atoms with Crippen molar-refractivity contribution in [1.29, 1.82) is 0 Å². The SMILES string of the molecule is CCOc1ccc(Cn2cc(CCN)nc2C)cc1. The molecular formula is C15H21N3O. The summed E-state index contributed by atoms with van der Waals surface area (Å²) in [6.07, 6.45) is 2.91. The minimum atomic E-state index is 0.638. The molecule has 102 valence electrons. The lowest BCUT2D eigenvalue weighted by molar-refractivity contribution is 0.340. The molecule has 2 aromatic rings. The Morgan fingerprint density at radius 3 is 2.63 bits per heavy atom. The van der Waals surface area contributed by atoms with Crippen molar-refractivity contribution in [1.82, 2.24) is 9.55 Å². The number of ether oxygens (including phenoxy) is 1. The second-order valence-electron chi connectivity index (χ2n) is 4.52. The maximum absolute atomic E-state index is 5.55. The second kappa shape index (κ2) is 6.38. The Morgan fingerprint density at radius 2 is 2.00 bits per heavy atom. The number of hydrogen-bond donors (Lipinski definition) is 1. The Kier molecular flexibility index (Phi) is 4.58. The van der Waals surface area contributed by atoms with Crippen LogP contribution in [0.1, 0.15) is 24.0 Å². The summed E-state index contributed by atoms with van der Waals surface area (Å²) in [6, 6.07) is 8.19. The molecule has 2 N–H and O–H groups in total. The number of nitrogens with two attached hydrogens (primary N) is 1. The Hall–Kier alpha value is -1.81. The first-order valence-electron chi connectivity index (χ1n) is 6.67. The molecule has 4 heteroatoms. The molecule has 0 unspecified atom stereocenters. The van der Waals surface area contributed by atoms with Crippen molar-refractivity contribution in [2.45, 2.75) is 26.8 Å². The number of nitrogens with zero attached hydrogens (tertiary/aromatic N) is 2. The van der Waals surface area contributed by atoms with Gasteiger partial charge in [-0.05, 0) is 38.1 Å². The van der Waals surface area contributed by atoms with Gasteiger partial charge in [0, 0.05) is 19.2 Å². The van der Waals surface area contributed by atoms with E-state index >= 15 is 0 Å². The van der Waals surface area contributed by atoms with Crippen LogP contribution >= 0.6 is 0 Å². The van der Waals surface area contributed by atoms with Crippen LogP contribution in [0.2, 0.25) is 0 Å². The highest BCUT2D eigenvalue weighted by molar-refractivity contribution is 5.27. The van der Waals surface area contributed by atoms with Crippen LogP contribution < -0.4 is 10.5 Å². The number of aromatic nitrogens is 2. The first kappa shape index (κ1) is 13.6. The number of hydrogen-bond acceptors (Lipinski definition) is 3. The van der Waals surface area contributed by atoms with Crippen LogP contribution in [0.4, 0.5) is 0 Å².